The number of hydrogen-bond donors (Lipinski definition) is 1. The first-order valence-corrected chi connectivity index (χ1v) is 10.4. The molecule has 0 spiro atoms. The normalized spacial score (nSPS) is 17.2. The smallest absolute Gasteiger partial charge is 0.281 e. The topological polar surface area (TPSA) is 82.6 Å². The van der Waals surface area contributed by atoms with E-state index in [1.165, 1.54) is 19.9 Å². The Balaban J connectivity index is 1.52. The van der Waals surface area contributed by atoms with Crippen molar-refractivity contribution >= 4 is 37.7 Å². The third-order valence-corrected chi connectivity index (χ3v) is 7.38. The highest BCUT2D eigenvalue weighted by atomic mass is 32.2. The third-order valence-electron chi connectivity index (χ3n) is 4.40. The van der Waals surface area contributed by atoms with Gasteiger partial charge in [-0.1, -0.05) is 12.1 Å². The zero-order valence-corrected chi connectivity index (χ0v) is 15.9. The van der Waals surface area contributed by atoms with E-state index in [4.69, 9.17) is 0 Å². The molecule has 1 saturated heterocycles. The SMILES string of the molecule is CN(C)S(=O)(=O)N1CCC(CNC(=O)c2nc3ccccc3s2)CC1. The molecular weight excluding hydrogens is 360 g/mol. The summed E-state index contributed by atoms with van der Waals surface area (Å²) in [5.74, 6) is 0.122. The van der Waals surface area contributed by atoms with Crippen LogP contribution in [0.1, 0.15) is 22.6 Å². The van der Waals surface area contributed by atoms with Crippen molar-refractivity contribution in [2.75, 3.05) is 33.7 Å². The number of piperidine rings is 1. The minimum atomic E-state index is -3.34. The van der Waals surface area contributed by atoms with Crippen LogP contribution in [-0.2, 0) is 10.2 Å². The number of fused-ring (bicyclic) bond motifs is 1. The summed E-state index contributed by atoms with van der Waals surface area (Å²) >= 11 is 1.38. The molecule has 1 fully saturated rings. The lowest BCUT2D eigenvalue weighted by molar-refractivity contribution is 0.0941. The Bertz CT molecular complexity index is 822. The predicted molar refractivity (Wildman–Crippen MR) is 98.9 cm³/mol. The van der Waals surface area contributed by atoms with E-state index in [0.29, 0.717) is 24.6 Å². The number of benzene rings is 1. The molecule has 0 unspecified atom stereocenters. The van der Waals surface area contributed by atoms with Gasteiger partial charge in [-0.25, -0.2) is 4.98 Å². The molecule has 1 aromatic heterocycles. The summed E-state index contributed by atoms with van der Waals surface area (Å²) in [6, 6.07) is 7.67. The van der Waals surface area contributed by atoms with Crippen LogP contribution in [0, 0.1) is 5.92 Å². The molecule has 9 heteroatoms. The van der Waals surface area contributed by atoms with Crippen LogP contribution in [0.2, 0.25) is 0 Å². The number of hydrogen-bond acceptors (Lipinski definition) is 5. The Labute approximate surface area is 151 Å². The molecule has 25 heavy (non-hydrogen) atoms. The molecule has 7 nitrogen and oxygen atoms in total. The quantitative estimate of drug-likeness (QED) is 0.850. The molecule has 0 bridgehead atoms. The maximum atomic E-state index is 12.3. The van der Waals surface area contributed by atoms with Gasteiger partial charge in [0.15, 0.2) is 5.01 Å². The van der Waals surface area contributed by atoms with E-state index >= 15 is 0 Å². The fourth-order valence-electron chi connectivity index (χ4n) is 2.86. The molecule has 3 rings (SSSR count). The summed E-state index contributed by atoms with van der Waals surface area (Å²) in [5.41, 5.74) is 0.833. The number of carbonyl (C=O) groups is 1. The molecule has 0 atom stereocenters. The average Bonchev–Trinajstić information content (AvgIpc) is 3.04. The van der Waals surface area contributed by atoms with Crippen LogP contribution in [0.4, 0.5) is 0 Å². The van der Waals surface area contributed by atoms with Crippen molar-refractivity contribution in [3.8, 4) is 0 Å². The number of nitrogens with one attached hydrogen (secondary N) is 1. The Morgan fingerprint density at radius 3 is 2.64 bits per heavy atom. The third kappa shape index (κ3) is 4.00. The van der Waals surface area contributed by atoms with E-state index < -0.39 is 10.2 Å². The standard InChI is InChI=1S/C16H22N4O3S2/c1-19(2)25(22,23)20-9-7-12(8-10-20)11-17-15(21)16-18-13-5-3-4-6-14(13)24-16/h3-6,12H,7-11H2,1-2H3,(H,17,21). The number of amides is 1. The molecule has 136 valence electrons. The fraction of sp³-hybridized carbons (Fsp3) is 0.500. The second kappa shape index (κ2) is 7.36. The number of thiazole rings is 1. The Hall–Kier alpha value is -1.55. The Morgan fingerprint density at radius 2 is 2.00 bits per heavy atom. The number of rotatable bonds is 5. The van der Waals surface area contributed by atoms with Crippen molar-refractivity contribution < 1.29 is 13.2 Å². The van der Waals surface area contributed by atoms with Gasteiger partial charge in [-0.15, -0.1) is 11.3 Å². The lowest BCUT2D eigenvalue weighted by Crippen LogP contribution is -2.45. The van der Waals surface area contributed by atoms with Crippen molar-refractivity contribution in [2.24, 2.45) is 5.92 Å². The summed E-state index contributed by atoms with van der Waals surface area (Å²) in [5, 5.41) is 3.40. The van der Waals surface area contributed by atoms with Crippen LogP contribution < -0.4 is 5.32 Å². The molecule has 0 saturated carbocycles. The highest BCUT2D eigenvalue weighted by molar-refractivity contribution is 7.86. The molecule has 1 aliphatic rings. The van der Waals surface area contributed by atoms with Crippen molar-refractivity contribution in [3.05, 3.63) is 29.3 Å². The van der Waals surface area contributed by atoms with Gasteiger partial charge in [0.1, 0.15) is 0 Å². The summed E-state index contributed by atoms with van der Waals surface area (Å²) < 4.78 is 27.9. The van der Waals surface area contributed by atoms with Crippen LogP contribution in [-0.4, -0.2) is 61.6 Å². The lowest BCUT2D eigenvalue weighted by Gasteiger charge is -2.32. The van der Waals surface area contributed by atoms with E-state index in [9.17, 15) is 13.2 Å². The predicted octanol–water partition coefficient (Wildman–Crippen LogP) is 1.54. The maximum Gasteiger partial charge on any atom is 0.281 e. The van der Waals surface area contributed by atoms with Crippen LogP contribution >= 0.6 is 11.3 Å². The van der Waals surface area contributed by atoms with Crippen molar-refractivity contribution in [1.29, 1.82) is 0 Å². The second-order valence-corrected chi connectivity index (χ2v) is 9.50. The van der Waals surface area contributed by atoms with Gasteiger partial charge < -0.3 is 5.32 Å². The number of nitrogens with zero attached hydrogens (tertiary/aromatic N) is 3. The van der Waals surface area contributed by atoms with Crippen molar-refractivity contribution in [3.63, 3.8) is 0 Å². The van der Waals surface area contributed by atoms with E-state index in [2.05, 4.69) is 10.3 Å². The van der Waals surface area contributed by atoms with Gasteiger partial charge >= 0.3 is 0 Å². The number of aromatic nitrogens is 1. The highest BCUT2D eigenvalue weighted by Gasteiger charge is 2.29. The number of para-hydroxylation sites is 1. The van der Waals surface area contributed by atoms with Crippen LogP contribution in [0.25, 0.3) is 10.2 Å². The molecule has 1 aliphatic heterocycles. The van der Waals surface area contributed by atoms with E-state index in [-0.39, 0.29) is 11.8 Å². The molecule has 0 aliphatic carbocycles. The molecular formula is C16H22N4O3S2. The van der Waals surface area contributed by atoms with E-state index in [0.717, 1.165) is 23.1 Å². The van der Waals surface area contributed by atoms with E-state index in [1.54, 1.807) is 14.1 Å². The molecule has 2 heterocycles. The molecule has 1 N–H and O–H groups in total. The van der Waals surface area contributed by atoms with Crippen molar-refractivity contribution in [1.82, 2.24) is 18.9 Å². The largest absolute Gasteiger partial charge is 0.350 e. The molecule has 0 radical (unpaired) electrons. The molecule has 2 aromatic rings. The fourth-order valence-corrected chi connectivity index (χ4v) is 4.87. The zero-order chi connectivity index (χ0) is 18.0. The van der Waals surface area contributed by atoms with Gasteiger partial charge in [-0.2, -0.15) is 17.0 Å². The van der Waals surface area contributed by atoms with Gasteiger partial charge in [0.25, 0.3) is 16.1 Å². The van der Waals surface area contributed by atoms with Gasteiger partial charge in [0.05, 0.1) is 10.2 Å². The van der Waals surface area contributed by atoms with Crippen LogP contribution in [0.3, 0.4) is 0 Å². The maximum absolute atomic E-state index is 12.3. The van der Waals surface area contributed by atoms with Crippen molar-refractivity contribution in [2.45, 2.75) is 12.8 Å². The first-order chi connectivity index (χ1) is 11.9. The van der Waals surface area contributed by atoms with Gasteiger partial charge in [-0.3, -0.25) is 4.79 Å². The summed E-state index contributed by atoms with van der Waals surface area (Å²) in [4.78, 5) is 16.6. The zero-order valence-electron chi connectivity index (χ0n) is 14.3. The monoisotopic (exact) mass is 382 g/mol. The van der Waals surface area contributed by atoms with Gasteiger partial charge in [0.2, 0.25) is 0 Å². The highest BCUT2D eigenvalue weighted by Crippen LogP contribution is 2.22. The summed E-state index contributed by atoms with van der Waals surface area (Å²) in [6.45, 7) is 1.52. The van der Waals surface area contributed by atoms with Gasteiger partial charge in [0, 0.05) is 33.7 Å². The first kappa shape index (κ1) is 18.2. The second-order valence-electron chi connectivity index (χ2n) is 6.33. The molecule has 1 amide bonds. The summed E-state index contributed by atoms with van der Waals surface area (Å²) in [7, 11) is -0.259. The van der Waals surface area contributed by atoms with E-state index in [1.807, 2.05) is 24.3 Å². The summed E-state index contributed by atoms with van der Waals surface area (Å²) in [6.07, 6.45) is 1.49. The Kier molecular flexibility index (Phi) is 5.38. The average molecular weight is 383 g/mol. The minimum Gasteiger partial charge on any atom is -0.350 e. The first-order valence-electron chi connectivity index (χ1n) is 8.19. The van der Waals surface area contributed by atoms with Crippen LogP contribution in [0.15, 0.2) is 24.3 Å². The Morgan fingerprint density at radius 1 is 1.32 bits per heavy atom. The molecule has 1 aromatic carbocycles. The lowest BCUT2D eigenvalue weighted by atomic mass is 9.98. The number of carbonyl (C=O) groups excluding carboxylic acids is 1. The minimum absolute atomic E-state index is 0.162. The van der Waals surface area contributed by atoms with Gasteiger partial charge in [-0.05, 0) is 30.9 Å². The van der Waals surface area contributed by atoms with Crippen LogP contribution in [0.5, 0.6) is 0 Å².